The number of carbonyl (C=O) groups excluding carboxylic acids is 1. The molecular weight excluding hydrogens is 354 g/mol. The van der Waals surface area contributed by atoms with Gasteiger partial charge in [-0.2, -0.15) is 0 Å². The van der Waals surface area contributed by atoms with E-state index in [4.69, 9.17) is 9.84 Å². The topological polar surface area (TPSA) is 75.6 Å². The summed E-state index contributed by atoms with van der Waals surface area (Å²) >= 11 is 0. The molecule has 2 saturated carbocycles. The van der Waals surface area contributed by atoms with Crippen LogP contribution in [0.2, 0.25) is 0 Å². The van der Waals surface area contributed by atoms with Crippen LogP contribution in [-0.2, 0) is 27.4 Å². The maximum Gasteiger partial charge on any atom is 0.307 e. The van der Waals surface area contributed by atoms with E-state index >= 15 is 0 Å². The second-order valence-corrected chi connectivity index (χ2v) is 8.04. The minimum Gasteiger partial charge on any atom is -0.481 e. The number of ether oxygens (including phenoxy) is 1. The van der Waals surface area contributed by atoms with Gasteiger partial charge in [0.05, 0.1) is 19.1 Å². The van der Waals surface area contributed by atoms with Crippen LogP contribution < -0.4 is 5.32 Å². The fourth-order valence-electron chi connectivity index (χ4n) is 4.26. The first-order valence-corrected chi connectivity index (χ1v) is 9.80. The summed E-state index contributed by atoms with van der Waals surface area (Å²) in [5.41, 5.74) is 2.94. The Kier molecular flexibility index (Phi) is 5.18. The summed E-state index contributed by atoms with van der Waals surface area (Å²) in [5, 5.41) is 12.1. The summed E-state index contributed by atoms with van der Waals surface area (Å²) in [7, 11) is 0. The first-order valence-electron chi connectivity index (χ1n) is 9.80. The molecule has 146 valence electrons. The highest BCUT2D eigenvalue weighted by Gasteiger charge is 2.65. The third kappa shape index (κ3) is 4.09. The SMILES string of the molecule is O=C(Nc1cccc(COCCc2ccccc2)c1)C1CC2(C1)CC2C(=O)O. The van der Waals surface area contributed by atoms with Crippen LogP contribution in [0.25, 0.3) is 0 Å². The predicted molar refractivity (Wildman–Crippen MR) is 106 cm³/mol. The molecule has 0 heterocycles. The third-order valence-electron chi connectivity index (χ3n) is 6.01. The molecule has 5 heteroatoms. The number of carbonyl (C=O) groups is 2. The molecule has 2 aromatic rings. The first-order chi connectivity index (χ1) is 13.6. The number of amides is 1. The molecule has 0 saturated heterocycles. The van der Waals surface area contributed by atoms with Crippen LogP contribution in [-0.4, -0.2) is 23.6 Å². The minimum atomic E-state index is -0.723. The molecule has 0 radical (unpaired) electrons. The molecule has 0 aromatic heterocycles. The minimum absolute atomic E-state index is 0.0104. The molecule has 4 rings (SSSR count). The van der Waals surface area contributed by atoms with Crippen molar-refractivity contribution >= 4 is 17.6 Å². The Hall–Kier alpha value is -2.66. The molecule has 28 heavy (non-hydrogen) atoms. The van der Waals surface area contributed by atoms with E-state index in [1.165, 1.54) is 5.56 Å². The van der Waals surface area contributed by atoms with Crippen molar-refractivity contribution in [1.82, 2.24) is 0 Å². The summed E-state index contributed by atoms with van der Waals surface area (Å²) in [6.45, 7) is 1.15. The number of benzene rings is 2. The van der Waals surface area contributed by atoms with Gasteiger partial charge in [0.2, 0.25) is 5.91 Å². The third-order valence-corrected chi connectivity index (χ3v) is 6.01. The van der Waals surface area contributed by atoms with Gasteiger partial charge in [-0.05, 0) is 54.4 Å². The van der Waals surface area contributed by atoms with Gasteiger partial charge in [0.1, 0.15) is 0 Å². The standard InChI is InChI=1S/C23H25NO4/c25-21(18-12-23(13-18)14-20(23)22(26)27)24-19-8-4-7-17(11-19)15-28-10-9-16-5-2-1-3-6-16/h1-8,11,18,20H,9-10,12-15H2,(H,24,25)(H,26,27). The quantitative estimate of drug-likeness (QED) is 0.683. The number of hydrogen-bond acceptors (Lipinski definition) is 3. The Morgan fingerprint density at radius 3 is 2.50 bits per heavy atom. The Balaban J connectivity index is 1.22. The average Bonchev–Trinajstić information content (AvgIpc) is 3.42. The summed E-state index contributed by atoms with van der Waals surface area (Å²) < 4.78 is 5.76. The number of hydrogen-bond donors (Lipinski definition) is 2. The molecule has 1 spiro atoms. The van der Waals surface area contributed by atoms with Gasteiger partial charge >= 0.3 is 5.97 Å². The van der Waals surface area contributed by atoms with Gasteiger partial charge in [0.25, 0.3) is 0 Å². The van der Waals surface area contributed by atoms with E-state index in [9.17, 15) is 9.59 Å². The van der Waals surface area contributed by atoms with Gasteiger partial charge in [0.15, 0.2) is 0 Å². The number of carboxylic acid groups (broad SMARTS) is 1. The van der Waals surface area contributed by atoms with Crippen molar-refractivity contribution in [2.75, 3.05) is 11.9 Å². The molecule has 0 aliphatic heterocycles. The smallest absolute Gasteiger partial charge is 0.307 e. The molecule has 1 amide bonds. The maximum absolute atomic E-state index is 12.4. The normalized spacial score (nSPS) is 25.1. The largest absolute Gasteiger partial charge is 0.481 e. The summed E-state index contributed by atoms with van der Waals surface area (Å²) in [6.07, 6.45) is 2.98. The van der Waals surface area contributed by atoms with Crippen LogP contribution >= 0.6 is 0 Å². The van der Waals surface area contributed by atoms with Crippen molar-refractivity contribution in [2.24, 2.45) is 17.3 Å². The molecule has 1 unspecified atom stereocenters. The van der Waals surface area contributed by atoms with E-state index in [2.05, 4.69) is 17.4 Å². The van der Waals surface area contributed by atoms with E-state index in [0.29, 0.717) is 26.1 Å². The highest BCUT2D eigenvalue weighted by molar-refractivity contribution is 5.94. The van der Waals surface area contributed by atoms with E-state index < -0.39 is 5.97 Å². The molecule has 0 bridgehead atoms. The molecule has 2 fully saturated rings. The zero-order valence-corrected chi connectivity index (χ0v) is 15.8. The lowest BCUT2D eigenvalue weighted by Gasteiger charge is -2.35. The average molecular weight is 379 g/mol. The zero-order valence-electron chi connectivity index (χ0n) is 15.8. The highest BCUT2D eigenvalue weighted by atomic mass is 16.5. The van der Waals surface area contributed by atoms with Crippen molar-refractivity contribution in [2.45, 2.75) is 32.3 Å². The van der Waals surface area contributed by atoms with Crippen LogP contribution in [0.5, 0.6) is 0 Å². The number of nitrogens with one attached hydrogen (secondary N) is 1. The second-order valence-electron chi connectivity index (χ2n) is 8.04. The fraction of sp³-hybridized carbons (Fsp3) is 0.391. The number of anilines is 1. The van der Waals surface area contributed by atoms with Crippen molar-refractivity contribution in [3.63, 3.8) is 0 Å². The molecule has 2 aromatic carbocycles. The van der Waals surface area contributed by atoms with Crippen LogP contribution in [0.15, 0.2) is 54.6 Å². The zero-order chi connectivity index (χ0) is 19.6. The van der Waals surface area contributed by atoms with Gasteiger partial charge in [-0.25, -0.2) is 0 Å². The molecule has 1 atom stereocenters. The molecule has 5 nitrogen and oxygen atoms in total. The number of aliphatic carboxylic acids is 1. The van der Waals surface area contributed by atoms with E-state index in [0.717, 1.165) is 24.1 Å². The Morgan fingerprint density at radius 2 is 1.79 bits per heavy atom. The van der Waals surface area contributed by atoms with Gasteiger partial charge in [-0.3, -0.25) is 9.59 Å². The lowest BCUT2D eigenvalue weighted by atomic mass is 9.70. The van der Waals surface area contributed by atoms with Gasteiger partial charge in [-0.15, -0.1) is 0 Å². The second kappa shape index (κ2) is 7.76. The summed E-state index contributed by atoms with van der Waals surface area (Å²) in [5.74, 6) is -1.05. The van der Waals surface area contributed by atoms with Crippen LogP contribution in [0.3, 0.4) is 0 Å². The molecular formula is C23H25NO4. The predicted octanol–water partition coefficient (Wildman–Crippen LogP) is 3.89. The molecule has 2 aliphatic carbocycles. The van der Waals surface area contributed by atoms with Crippen molar-refractivity contribution in [3.05, 3.63) is 65.7 Å². The Bertz CT molecular complexity index is 858. The highest BCUT2D eigenvalue weighted by Crippen LogP contribution is 2.67. The van der Waals surface area contributed by atoms with E-state index in [1.807, 2.05) is 42.5 Å². The lowest BCUT2D eigenvalue weighted by molar-refractivity contribution is -0.141. The van der Waals surface area contributed by atoms with Gasteiger partial charge in [0, 0.05) is 11.6 Å². The first kappa shape index (κ1) is 18.7. The lowest BCUT2D eigenvalue weighted by Crippen LogP contribution is -2.37. The summed E-state index contributed by atoms with van der Waals surface area (Å²) in [4.78, 5) is 23.5. The Morgan fingerprint density at radius 1 is 1.04 bits per heavy atom. The van der Waals surface area contributed by atoms with Crippen molar-refractivity contribution in [1.29, 1.82) is 0 Å². The van der Waals surface area contributed by atoms with Gasteiger partial charge < -0.3 is 15.2 Å². The monoisotopic (exact) mass is 379 g/mol. The maximum atomic E-state index is 12.4. The fourth-order valence-corrected chi connectivity index (χ4v) is 4.26. The molecule has 2 aliphatic rings. The van der Waals surface area contributed by atoms with Crippen LogP contribution in [0, 0.1) is 17.3 Å². The Labute approximate surface area is 164 Å². The van der Waals surface area contributed by atoms with Crippen LogP contribution in [0.4, 0.5) is 5.69 Å². The van der Waals surface area contributed by atoms with E-state index in [1.54, 1.807) is 0 Å². The summed E-state index contributed by atoms with van der Waals surface area (Å²) in [6, 6.07) is 17.9. The van der Waals surface area contributed by atoms with Crippen molar-refractivity contribution < 1.29 is 19.4 Å². The van der Waals surface area contributed by atoms with E-state index in [-0.39, 0.29) is 23.2 Å². The van der Waals surface area contributed by atoms with Gasteiger partial charge in [-0.1, -0.05) is 42.5 Å². The van der Waals surface area contributed by atoms with Crippen LogP contribution in [0.1, 0.15) is 30.4 Å². The number of carboxylic acids is 1. The van der Waals surface area contributed by atoms with Crippen molar-refractivity contribution in [3.8, 4) is 0 Å². The molecule has 2 N–H and O–H groups in total. The number of rotatable bonds is 8.